The number of ether oxygens (including phenoxy) is 6. The van der Waals surface area contributed by atoms with Gasteiger partial charge in [0.2, 0.25) is 23.3 Å². The Labute approximate surface area is 777 Å². The van der Waals surface area contributed by atoms with Crippen molar-refractivity contribution in [3.8, 4) is 58.2 Å². The zero-order valence-electron chi connectivity index (χ0n) is 83.2. The summed E-state index contributed by atoms with van der Waals surface area (Å²) in [6.07, 6.45) is 90.3. The molecule has 14 heteroatoms. The Kier molecular flexibility index (Phi) is 85.4. The minimum absolute atomic E-state index is 0.0174. The van der Waals surface area contributed by atoms with Gasteiger partial charge in [0.05, 0.1) is 39.6 Å². The van der Waals surface area contributed by atoms with E-state index >= 15 is 0 Å². The van der Waals surface area contributed by atoms with Gasteiger partial charge in [0.15, 0.2) is 23.0 Å². The second-order valence-electron chi connectivity index (χ2n) is 36.8. The van der Waals surface area contributed by atoms with Crippen molar-refractivity contribution in [2.75, 3.05) is 65.8 Å². The van der Waals surface area contributed by atoms with Crippen LogP contribution in [-0.2, 0) is 9.59 Å². The molecule has 0 saturated carbocycles. The number of benzene rings is 2. The second-order valence-corrected chi connectivity index (χ2v) is 36.8. The first-order chi connectivity index (χ1) is 62.2. The van der Waals surface area contributed by atoms with E-state index in [2.05, 4.69) is 86.5 Å². The fourth-order valence-electron chi connectivity index (χ4n) is 16.5. The van der Waals surface area contributed by atoms with Crippen molar-refractivity contribution >= 4 is 23.6 Å². The molecule has 0 aromatic heterocycles. The van der Waals surface area contributed by atoms with Crippen LogP contribution < -0.4 is 49.7 Å². The molecule has 0 aliphatic heterocycles. The second kappa shape index (κ2) is 92.5. The number of carbonyl (C=O) groups excluding carboxylic acids is 4. The lowest BCUT2D eigenvalue weighted by Gasteiger charge is -2.19. The molecule has 14 nitrogen and oxygen atoms in total. The van der Waals surface area contributed by atoms with Crippen molar-refractivity contribution in [2.45, 2.75) is 530 Å². The van der Waals surface area contributed by atoms with Gasteiger partial charge in [-0.1, -0.05) is 451 Å². The molecule has 0 unspecified atom stereocenters. The Morgan fingerprint density at radius 3 is 0.603 bits per heavy atom. The number of unbranched alkanes of at least 4 members (excludes halogenated alkanes) is 66. The highest BCUT2D eigenvalue weighted by molar-refractivity contribution is 5.96. The highest BCUT2D eigenvalue weighted by Gasteiger charge is 2.22. The van der Waals surface area contributed by atoms with Gasteiger partial charge in [0.1, 0.15) is 0 Å². The predicted octanol–water partition coefficient (Wildman–Crippen LogP) is 32.1. The number of hydrogen-bond donors (Lipinski definition) is 4. The lowest BCUT2D eigenvalue weighted by Crippen LogP contribution is -2.34. The number of hydrogen-bond acceptors (Lipinski definition) is 10. The molecule has 0 aliphatic rings. The first-order valence-corrected chi connectivity index (χ1v) is 54.4. The number of carbonyl (C=O) groups is 4. The van der Waals surface area contributed by atoms with Crippen LogP contribution in [0.2, 0.25) is 0 Å². The molecule has 2 aromatic carbocycles. The lowest BCUT2D eigenvalue weighted by atomic mass is 10.1. The maximum absolute atomic E-state index is 13.9. The topological polar surface area (TPSA) is 172 Å². The summed E-state index contributed by atoms with van der Waals surface area (Å²) < 4.78 is 39.4. The Balaban J connectivity index is 1.78. The van der Waals surface area contributed by atoms with Crippen LogP contribution in [-0.4, -0.2) is 89.4 Å². The largest absolute Gasteiger partial charge is 0.490 e. The molecule has 4 N–H and O–H groups in total. The van der Waals surface area contributed by atoms with Crippen molar-refractivity contribution < 1.29 is 47.6 Å². The predicted molar refractivity (Wildman–Crippen MR) is 537 cm³/mol. The molecule has 126 heavy (non-hydrogen) atoms. The average molecular weight is 1760 g/mol. The van der Waals surface area contributed by atoms with Gasteiger partial charge >= 0.3 is 0 Å². The Morgan fingerprint density at radius 1 is 0.214 bits per heavy atom. The molecule has 726 valence electrons. The highest BCUT2D eigenvalue weighted by Crippen LogP contribution is 2.42. The van der Waals surface area contributed by atoms with E-state index in [1.807, 2.05) is 24.3 Å². The lowest BCUT2D eigenvalue weighted by molar-refractivity contribution is -0.122. The molecule has 0 radical (unpaired) electrons. The van der Waals surface area contributed by atoms with E-state index in [9.17, 15) is 19.2 Å². The molecule has 4 amide bonds. The molecule has 0 fully saturated rings. The molecule has 0 aliphatic carbocycles. The van der Waals surface area contributed by atoms with Gasteiger partial charge in [0.25, 0.3) is 11.8 Å². The van der Waals surface area contributed by atoms with Crippen molar-refractivity contribution in [3.63, 3.8) is 0 Å². The molecule has 2 aromatic rings. The van der Waals surface area contributed by atoms with Crippen molar-refractivity contribution in [2.24, 2.45) is 0 Å². The number of nitrogens with one attached hydrogen (secondary N) is 4. The highest BCUT2D eigenvalue weighted by atomic mass is 16.5. The van der Waals surface area contributed by atoms with Gasteiger partial charge in [-0.05, 0) is 100 Å². The minimum atomic E-state index is -0.218. The number of amides is 4. The van der Waals surface area contributed by atoms with E-state index in [1.54, 1.807) is 0 Å². The smallest absolute Gasteiger partial charge is 0.251 e. The summed E-state index contributed by atoms with van der Waals surface area (Å²) in [6, 6.07) is 7.35. The first kappa shape index (κ1) is 116. The summed E-state index contributed by atoms with van der Waals surface area (Å²) in [5.41, 5.74) is 0.960. The monoisotopic (exact) mass is 1760 g/mol. The third kappa shape index (κ3) is 73.0. The molecule has 2 rings (SSSR count). The Hall–Kier alpha value is -5.76. The molecule has 0 heterocycles. The zero-order valence-corrected chi connectivity index (χ0v) is 83.2. The van der Waals surface area contributed by atoms with Crippen LogP contribution in [0.4, 0.5) is 0 Å². The van der Waals surface area contributed by atoms with Crippen molar-refractivity contribution in [3.05, 3.63) is 35.4 Å². The maximum Gasteiger partial charge on any atom is 0.251 e. The SMILES string of the molecule is CCCCCCCCCCCCOc1cc(C(=O)NCCNC(=O)CCCCCCCCC#CC#CCCCCCCCCC(=O)NCCNC(=O)c2cc(OCCCCCCCCCCCC)c(OCCCCCCCCCCCC)c(OCCCCCCCCCCCC)c2)cc(OCCCCCCCCCCCC)c1OCCCCCCCCCCCC. The van der Waals surface area contributed by atoms with E-state index in [-0.39, 0.29) is 23.6 Å². The van der Waals surface area contributed by atoms with Crippen LogP contribution in [0.15, 0.2) is 24.3 Å². The molecule has 0 bridgehead atoms. The van der Waals surface area contributed by atoms with Crippen LogP contribution in [0.1, 0.15) is 550 Å². The van der Waals surface area contributed by atoms with E-state index in [4.69, 9.17) is 28.4 Å². The molecule has 0 spiro atoms. The average Bonchev–Trinajstić information content (AvgIpc) is 0.820. The van der Waals surface area contributed by atoms with Crippen LogP contribution in [0.25, 0.3) is 0 Å². The summed E-state index contributed by atoms with van der Waals surface area (Å²) in [5.74, 6) is 15.8. The summed E-state index contributed by atoms with van der Waals surface area (Å²) in [6.45, 7) is 18.4. The summed E-state index contributed by atoms with van der Waals surface area (Å²) >= 11 is 0. The van der Waals surface area contributed by atoms with Gasteiger partial charge in [-0.3, -0.25) is 19.2 Å². The zero-order chi connectivity index (χ0) is 90.5. The van der Waals surface area contributed by atoms with Crippen LogP contribution in [0.5, 0.6) is 34.5 Å². The first-order valence-electron chi connectivity index (χ1n) is 54.4. The Bertz CT molecular complexity index is 2640. The van der Waals surface area contributed by atoms with E-state index in [0.717, 1.165) is 167 Å². The van der Waals surface area contributed by atoms with E-state index in [0.29, 0.717) is 124 Å². The van der Waals surface area contributed by atoms with Gasteiger partial charge < -0.3 is 49.7 Å². The fourth-order valence-corrected chi connectivity index (χ4v) is 16.5. The van der Waals surface area contributed by atoms with Crippen LogP contribution >= 0.6 is 0 Å². The fraction of sp³-hybridized carbons (Fsp3) is 0.821. The summed E-state index contributed by atoms with van der Waals surface area (Å²) in [4.78, 5) is 53.6. The molecular formula is C112H198N4O10. The van der Waals surface area contributed by atoms with Gasteiger partial charge in [0, 0.05) is 63.0 Å². The quantitative estimate of drug-likeness (QED) is 0.0369. The van der Waals surface area contributed by atoms with Crippen molar-refractivity contribution in [1.82, 2.24) is 21.3 Å². The standard InChI is InChI=1S/C112H198N4O10/c1-7-13-19-25-31-37-55-63-71-79-91-121-103-97-101(98-104(122-92-80-72-64-56-38-32-26-20-14-8-2)109(103)125-95-83-75-67-59-41-35-29-23-17-11-5)111(119)115-89-87-113-107(117)85-77-69-61-53-51-49-47-45-43-44-46-48-50-52-54-62-70-78-86-108(118)114-88-90-116-112(120)102-99-105(123-93-81-73-65-57-39-33-27-21-15-9-3)110(126-96-84-76-68-60-42-36-30-24-18-12-6)106(100-102)124-94-82-74-66-58-40-34-28-22-16-10-4/h97-100H,7-42,47-96H2,1-6H3,(H,113,117)(H,114,118)(H,115,119)(H,116,120). The third-order valence-corrected chi connectivity index (χ3v) is 24.7. The van der Waals surface area contributed by atoms with E-state index < -0.39 is 0 Å². The minimum Gasteiger partial charge on any atom is -0.490 e. The number of rotatable bonds is 96. The van der Waals surface area contributed by atoms with Gasteiger partial charge in [-0.25, -0.2) is 0 Å². The van der Waals surface area contributed by atoms with Crippen LogP contribution in [0.3, 0.4) is 0 Å². The normalized spacial score (nSPS) is 11.1. The summed E-state index contributed by atoms with van der Waals surface area (Å²) in [5, 5.41) is 12.2. The van der Waals surface area contributed by atoms with Crippen molar-refractivity contribution in [1.29, 1.82) is 0 Å². The third-order valence-electron chi connectivity index (χ3n) is 24.7. The summed E-state index contributed by atoms with van der Waals surface area (Å²) in [7, 11) is 0. The van der Waals surface area contributed by atoms with Crippen LogP contribution in [0, 0.1) is 23.7 Å². The van der Waals surface area contributed by atoms with E-state index in [1.165, 1.54) is 308 Å². The molecular weight excluding hydrogens is 1560 g/mol. The molecule has 0 saturated heterocycles. The molecule has 0 atom stereocenters. The van der Waals surface area contributed by atoms with Gasteiger partial charge in [-0.2, -0.15) is 0 Å². The maximum atomic E-state index is 13.9. The van der Waals surface area contributed by atoms with Gasteiger partial charge in [-0.15, -0.1) is 0 Å². The Morgan fingerprint density at radius 2 is 0.389 bits per heavy atom.